The molecule has 0 aliphatic carbocycles. The Hall–Kier alpha value is -0.860. The van der Waals surface area contributed by atoms with E-state index in [2.05, 4.69) is 27.8 Å². The zero-order chi connectivity index (χ0) is 11.9. The fourth-order valence-electron chi connectivity index (χ4n) is 1.31. The molecule has 1 N–H and O–H groups in total. The summed E-state index contributed by atoms with van der Waals surface area (Å²) in [7, 11) is -3.74. The van der Waals surface area contributed by atoms with Crippen molar-refractivity contribution in [3.05, 3.63) is 22.5 Å². The molecule has 0 aromatic carbocycles. The van der Waals surface area contributed by atoms with Crippen molar-refractivity contribution < 1.29 is 13.2 Å². The van der Waals surface area contributed by atoms with E-state index in [4.69, 9.17) is 0 Å². The van der Waals surface area contributed by atoms with Gasteiger partial charge in [-0.1, -0.05) is 6.08 Å². The van der Waals surface area contributed by atoms with Gasteiger partial charge in [0.05, 0.1) is 10.3 Å². The molecule has 1 aromatic heterocycles. The van der Waals surface area contributed by atoms with Gasteiger partial charge in [0.25, 0.3) is 10.0 Å². The zero-order valence-corrected chi connectivity index (χ0v) is 11.2. The van der Waals surface area contributed by atoms with Crippen LogP contribution in [0.15, 0.2) is 27.4 Å². The first-order valence-electron chi connectivity index (χ1n) is 4.21. The Labute approximate surface area is 105 Å². The number of hydrogen-bond acceptors (Lipinski definition) is 4. The van der Waals surface area contributed by atoms with Gasteiger partial charge in [-0.05, 0) is 22.0 Å². The molecule has 0 unspecified atom stereocenters. The highest BCUT2D eigenvalue weighted by molar-refractivity contribution is 9.11. The molecule has 0 saturated heterocycles. The second kappa shape index (κ2) is 3.86. The summed E-state index contributed by atoms with van der Waals surface area (Å²) in [6.45, 7) is 3.38. The smallest absolute Gasteiger partial charge is 0.297 e. The van der Waals surface area contributed by atoms with Crippen LogP contribution in [0.3, 0.4) is 0 Å². The van der Waals surface area contributed by atoms with Gasteiger partial charge in [0.1, 0.15) is 9.90 Å². The molecule has 1 aliphatic rings. The van der Waals surface area contributed by atoms with Crippen molar-refractivity contribution in [3.63, 3.8) is 0 Å². The standard InChI is InChI=1S/C8H7BrN2O3S2/c1-2-3-11-8(12)10-7-5(16(11,13)14)4-6(9)15-7/h2,4H,1,3H2,(H,10,12). The van der Waals surface area contributed by atoms with Crippen LogP contribution in [-0.4, -0.2) is 25.3 Å². The first-order chi connectivity index (χ1) is 7.46. The predicted octanol–water partition coefficient (Wildman–Crippen LogP) is 2.23. The van der Waals surface area contributed by atoms with Crippen molar-refractivity contribution in [2.45, 2.75) is 4.90 Å². The van der Waals surface area contributed by atoms with E-state index in [0.717, 1.165) is 4.31 Å². The van der Waals surface area contributed by atoms with Crippen LogP contribution in [0.5, 0.6) is 0 Å². The highest BCUT2D eigenvalue weighted by Gasteiger charge is 2.37. The zero-order valence-electron chi connectivity index (χ0n) is 7.94. The second-order valence-electron chi connectivity index (χ2n) is 3.00. The van der Waals surface area contributed by atoms with Crippen LogP contribution in [-0.2, 0) is 10.0 Å². The Balaban J connectivity index is 2.59. The predicted molar refractivity (Wildman–Crippen MR) is 65.1 cm³/mol. The molecule has 0 bridgehead atoms. The van der Waals surface area contributed by atoms with Crippen LogP contribution in [0.4, 0.5) is 9.80 Å². The number of anilines is 1. The van der Waals surface area contributed by atoms with Gasteiger partial charge in [0.2, 0.25) is 0 Å². The summed E-state index contributed by atoms with van der Waals surface area (Å²) in [6.07, 6.45) is 1.36. The Morgan fingerprint density at radius 3 is 2.94 bits per heavy atom. The lowest BCUT2D eigenvalue weighted by molar-refractivity contribution is 0.237. The number of sulfonamides is 1. The number of fused-ring (bicyclic) bond motifs is 1. The molecule has 0 saturated carbocycles. The lowest BCUT2D eigenvalue weighted by atomic mass is 10.6. The van der Waals surface area contributed by atoms with E-state index in [0.29, 0.717) is 8.79 Å². The van der Waals surface area contributed by atoms with Crippen LogP contribution in [0.1, 0.15) is 0 Å². The molecule has 1 aromatic rings. The van der Waals surface area contributed by atoms with Crippen molar-refractivity contribution in [2.75, 3.05) is 11.9 Å². The average molecular weight is 323 g/mol. The summed E-state index contributed by atoms with van der Waals surface area (Å²) in [5.74, 6) is 0. The number of rotatable bonds is 2. The molecule has 2 rings (SSSR count). The van der Waals surface area contributed by atoms with Crippen molar-refractivity contribution in [1.82, 2.24) is 4.31 Å². The molecule has 5 nitrogen and oxygen atoms in total. The van der Waals surface area contributed by atoms with Gasteiger partial charge in [-0.3, -0.25) is 5.32 Å². The Morgan fingerprint density at radius 2 is 2.31 bits per heavy atom. The highest BCUT2D eigenvalue weighted by atomic mass is 79.9. The lowest BCUT2D eigenvalue weighted by Crippen LogP contribution is -2.43. The number of nitrogens with one attached hydrogen (secondary N) is 1. The number of halogens is 1. The first kappa shape index (κ1) is 11.6. The Morgan fingerprint density at radius 1 is 1.62 bits per heavy atom. The molecular weight excluding hydrogens is 316 g/mol. The number of amides is 2. The summed E-state index contributed by atoms with van der Waals surface area (Å²) in [5.41, 5.74) is 0. The Kier molecular flexibility index (Phi) is 2.81. The van der Waals surface area contributed by atoms with Crippen LogP contribution < -0.4 is 5.32 Å². The van der Waals surface area contributed by atoms with Gasteiger partial charge in [-0.2, -0.15) is 0 Å². The van der Waals surface area contributed by atoms with Crippen molar-refractivity contribution in [2.24, 2.45) is 0 Å². The fourth-order valence-corrected chi connectivity index (χ4v) is 4.72. The monoisotopic (exact) mass is 322 g/mol. The topological polar surface area (TPSA) is 66.5 Å². The van der Waals surface area contributed by atoms with E-state index >= 15 is 0 Å². The van der Waals surface area contributed by atoms with Gasteiger partial charge < -0.3 is 0 Å². The lowest BCUT2D eigenvalue weighted by Gasteiger charge is -2.25. The summed E-state index contributed by atoms with van der Waals surface area (Å²) in [5, 5.41) is 2.86. The molecule has 0 fully saturated rings. The van der Waals surface area contributed by atoms with Gasteiger partial charge in [0.15, 0.2) is 0 Å². The number of carbonyl (C=O) groups is 1. The van der Waals surface area contributed by atoms with Gasteiger partial charge in [0, 0.05) is 0 Å². The molecular formula is C8H7BrN2O3S2. The van der Waals surface area contributed by atoms with E-state index in [1.807, 2.05) is 0 Å². The van der Waals surface area contributed by atoms with E-state index in [1.165, 1.54) is 23.5 Å². The average Bonchev–Trinajstić information content (AvgIpc) is 2.54. The minimum Gasteiger partial charge on any atom is -0.297 e. The van der Waals surface area contributed by atoms with Crippen molar-refractivity contribution in [3.8, 4) is 0 Å². The molecule has 0 spiro atoms. The van der Waals surface area contributed by atoms with Crippen LogP contribution in [0.2, 0.25) is 0 Å². The third kappa shape index (κ3) is 1.66. The van der Waals surface area contributed by atoms with Crippen LogP contribution in [0, 0.1) is 0 Å². The number of carbonyl (C=O) groups excluding carboxylic acids is 1. The maximum absolute atomic E-state index is 12.0. The highest BCUT2D eigenvalue weighted by Crippen LogP contribution is 2.39. The third-order valence-electron chi connectivity index (χ3n) is 1.98. The van der Waals surface area contributed by atoms with Crippen molar-refractivity contribution >= 4 is 48.3 Å². The van der Waals surface area contributed by atoms with E-state index in [-0.39, 0.29) is 11.4 Å². The molecule has 16 heavy (non-hydrogen) atoms. The maximum Gasteiger partial charge on any atom is 0.336 e. The maximum atomic E-state index is 12.0. The van der Waals surface area contributed by atoms with E-state index in [9.17, 15) is 13.2 Å². The normalized spacial score (nSPS) is 17.8. The van der Waals surface area contributed by atoms with Gasteiger partial charge in [-0.25, -0.2) is 17.5 Å². The first-order valence-corrected chi connectivity index (χ1v) is 7.25. The summed E-state index contributed by atoms with van der Waals surface area (Å²) in [4.78, 5) is 11.7. The minimum atomic E-state index is -3.74. The van der Waals surface area contributed by atoms with Crippen LogP contribution in [0.25, 0.3) is 0 Å². The minimum absolute atomic E-state index is 0.0406. The number of urea groups is 1. The van der Waals surface area contributed by atoms with E-state index < -0.39 is 16.1 Å². The SMILES string of the molecule is C=CCN1C(=O)Nc2sc(Br)cc2S1(=O)=O. The second-order valence-corrected chi connectivity index (χ2v) is 7.26. The molecule has 86 valence electrons. The Bertz CT molecular complexity index is 564. The van der Waals surface area contributed by atoms with Gasteiger partial charge in [-0.15, -0.1) is 17.9 Å². The summed E-state index contributed by atoms with van der Waals surface area (Å²) in [6, 6.07) is 0.826. The number of thiophene rings is 1. The molecule has 0 radical (unpaired) electrons. The largest absolute Gasteiger partial charge is 0.336 e. The molecule has 2 amide bonds. The number of nitrogens with zero attached hydrogens (tertiary/aromatic N) is 1. The molecule has 0 atom stereocenters. The fraction of sp³-hybridized carbons (Fsp3) is 0.125. The van der Waals surface area contributed by atoms with Gasteiger partial charge >= 0.3 is 6.03 Å². The van der Waals surface area contributed by atoms with E-state index in [1.54, 1.807) is 0 Å². The quantitative estimate of drug-likeness (QED) is 0.849. The number of hydrogen-bond donors (Lipinski definition) is 1. The molecule has 2 heterocycles. The summed E-state index contributed by atoms with van der Waals surface area (Å²) < 4.78 is 25.4. The van der Waals surface area contributed by atoms with Crippen LogP contribution >= 0.6 is 27.3 Å². The van der Waals surface area contributed by atoms with Crippen molar-refractivity contribution in [1.29, 1.82) is 0 Å². The summed E-state index contributed by atoms with van der Waals surface area (Å²) >= 11 is 4.36. The third-order valence-corrected chi connectivity index (χ3v) is 5.43. The molecule has 1 aliphatic heterocycles. The molecule has 8 heteroatoms.